The van der Waals surface area contributed by atoms with E-state index in [9.17, 15) is 23.1 Å². The Morgan fingerprint density at radius 1 is 1.35 bits per heavy atom. The Balaban J connectivity index is 2.84. The van der Waals surface area contributed by atoms with Gasteiger partial charge in [0.15, 0.2) is 9.84 Å². The molecule has 2 N–H and O–H groups in total. The number of sulfone groups is 1. The highest BCUT2D eigenvalue weighted by molar-refractivity contribution is 7.92. The predicted octanol–water partition coefficient (Wildman–Crippen LogP) is 0.959. The highest BCUT2D eigenvalue weighted by atomic mass is 32.2. The van der Waals surface area contributed by atoms with Crippen LogP contribution in [0.15, 0.2) is 0 Å². The number of amides is 1. The summed E-state index contributed by atoms with van der Waals surface area (Å²) in [5, 5.41) is 10.6. The molecule has 6 nitrogen and oxygen atoms in total. The van der Waals surface area contributed by atoms with E-state index in [1.54, 1.807) is 0 Å². The molecule has 0 spiro atoms. The Kier molecular flexibility index (Phi) is 5.18. The van der Waals surface area contributed by atoms with Crippen molar-refractivity contribution in [3.05, 3.63) is 0 Å². The second-order valence-electron chi connectivity index (χ2n) is 5.70. The van der Waals surface area contributed by atoms with Gasteiger partial charge in [-0.15, -0.1) is 0 Å². The summed E-state index contributed by atoms with van der Waals surface area (Å²) in [6.45, 7) is 3.33. The van der Waals surface area contributed by atoms with Crippen LogP contribution in [0.4, 0.5) is 0 Å². The van der Waals surface area contributed by atoms with Gasteiger partial charge in [0.1, 0.15) is 10.8 Å². The van der Waals surface area contributed by atoms with Gasteiger partial charge < -0.3 is 10.4 Å². The molecular weight excluding hydrogens is 282 g/mol. The maximum Gasteiger partial charge on any atom is 0.329 e. The Morgan fingerprint density at radius 3 is 2.20 bits per heavy atom. The zero-order valence-corrected chi connectivity index (χ0v) is 13.0. The van der Waals surface area contributed by atoms with Gasteiger partial charge in [-0.05, 0) is 38.5 Å². The van der Waals surface area contributed by atoms with Crippen molar-refractivity contribution in [1.82, 2.24) is 5.32 Å². The lowest BCUT2D eigenvalue weighted by Gasteiger charge is -2.37. The summed E-state index contributed by atoms with van der Waals surface area (Å²) in [5.41, 5.74) is -1.32. The molecule has 1 unspecified atom stereocenters. The van der Waals surface area contributed by atoms with E-state index < -0.39 is 32.5 Å². The molecule has 1 fully saturated rings. The molecular formula is C13H23NO5S. The van der Waals surface area contributed by atoms with Gasteiger partial charge in [-0.1, -0.05) is 13.3 Å². The SMILES string of the molecule is CCC1CCC(NC(=O)C(C)S(C)(=O)=O)(C(=O)O)CC1. The number of rotatable bonds is 5. The van der Waals surface area contributed by atoms with Crippen molar-refractivity contribution in [2.24, 2.45) is 5.92 Å². The molecule has 1 aliphatic rings. The summed E-state index contributed by atoms with van der Waals surface area (Å²) in [5.74, 6) is -1.34. The monoisotopic (exact) mass is 305 g/mol. The van der Waals surface area contributed by atoms with Crippen LogP contribution in [0, 0.1) is 5.92 Å². The number of hydrogen-bond donors (Lipinski definition) is 2. The van der Waals surface area contributed by atoms with Crippen LogP contribution in [0.25, 0.3) is 0 Å². The van der Waals surface area contributed by atoms with Crippen molar-refractivity contribution in [3.63, 3.8) is 0 Å². The van der Waals surface area contributed by atoms with E-state index in [1.807, 2.05) is 0 Å². The van der Waals surface area contributed by atoms with E-state index >= 15 is 0 Å². The summed E-state index contributed by atoms with van der Waals surface area (Å²) in [7, 11) is -3.53. The average Bonchev–Trinajstić information content (AvgIpc) is 2.37. The maximum absolute atomic E-state index is 12.0. The van der Waals surface area contributed by atoms with Gasteiger partial charge in [-0.3, -0.25) is 4.79 Å². The molecule has 0 aromatic heterocycles. The van der Waals surface area contributed by atoms with E-state index in [4.69, 9.17) is 0 Å². The van der Waals surface area contributed by atoms with Gasteiger partial charge in [0.05, 0.1) is 0 Å². The summed E-state index contributed by atoms with van der Waals surface area (Å²) < 4.78 is 22.8. The van der Waals surface area contributed by atoms with Crippen molar-refractivity contribution >= 4 is 21.7 Å². The third-order valence-corrected chi connectivity index (χ3v) is 5.82. The van der Waals surface area contributed by atoms with E-state index in [0.29, 0.717) is 18.8 Å². The minimum absolute atomic E-state index is 0.350. The van der Waals surface area contributed by atoms with Crippen LogP contribution in [0.5, 0.6) is 0 Å². The molecule has 1 atom stereocenters. The third kappa shape index (κ3) is 3.71. The zero-order chi connectivity index (χ0) is 15.6. The van der Waals surface area contributed by atoms with Crippen LogP contribution < -0.4 is 5.32 Å². The zero-order valence-electron chi connectivity index (χ0n) is 12.2. The molecule has 1 rings (SSSR count). The van der Waals surface area contributed by atoms with Crippen LogP contribution in [-0.4, -0.2) is 42.4 Å². The molecule has 1 amide bonds. The lowest BCUT2D eigenvalue weighted by molar-refractivity contribution is -0.149. The lowest BCUT2D eigenvalue weighted by atomic mass is 9.75. The molecule has 0 radical (unpaired) electrons. The van der Waals surface area contributed by atoms with Gasteiger partial charge >= 0.3 is 5.97 Å². The van der Waals surface area contributed by atoms with Crippen molar-refractivity contribution in [2.45, 2.75) is 56.7 Å². The molecule has 20 heavy (non-hydrogen) atoms. The number of aliphatic carboxylic acids is 1. The first kappa shape index (κ1) is 16.9. The molecule has 1 aliphatic carbocycles. The molecule has 7 heteroatoms. The number of nitrogens with one attached hydrogen (secondary N) is 1. The number of carbonyl (C=O) groups is 2. The van der Waals surface area contributed by atoms with Crippen molar-refractivity contribution < 1.29 is 23.1 Å². The van der Waals surface area contributed by atoms with Crippen molar-refractivity contribution in [1.29, 1.82) is 0 Å². The van der Waals surface area contributed by atoms with Crippen LogP contribution in [0.2, 0.25) is 0 Å². The van der Waals surface area contributed by atoms with E-state index in [0.717, 1.165) is 25.5 Å². The fourth-order valence-electron chi connectivity index (χ4n) is 2.50. The van der Waals surface area contributed by atoms with Crippen LogP contribution in [0.1, 0.15) is 46.0 Å². The Bertz CT molecular complexity index is 477. The van der Waals surface area contributed by atoms with Crippen LogP contribution in [-0.2, 0) is 19.4 Å². The van der Waals surface area contributed by atoms with Crippen LogP contribution >= 0.6 is 0 Å². The summed E-state index contributed by atoms with van der Waals surface area (Å²) in [6, 6.07) is 0. The molecule has 0 aromatic rings. The topological polar surface area (TPSA) is 101 Å². The smallest absolute Gasteiger partial charge is 0.329 e. The second kappa shape index (κ2) is 6.11. The Hall–Kier alpha value is -1.11. The quantitative estimate of drug-likeness (QED) is 0.788. The van der Waals surface area contributed by atoms with E-state index in [-0.39, 0.29) is 0 Å². The Labute approximate surface area is 119 Å². The molecule has 116 valence electrons. The number of hydrogen-bond acceptors (Lipinski definition) is 4. The largest absolute Gasteiger partial charge is 0.480 e. The van der Waals surface area contributed by atoms with Crippen LogP contribution in [0.3, 0.4) is 0 Å². The lowest BCUT2D eigenvalue weighted by Crippen LogP contribution is -2.58. The third-order valence-electron chi connectivity index (χ3n) is 4.32. The average molecular weight is 305 g/mol. The maximum atomic E-state index is 12.0. The molecule has 0 heterocycles. The van der Waals surface area contributed by atoms with Gasteiger partial charge in [0.2, 0.25) is 5.91 Å². The predicted molar refractivity (Wildman–Crippen MR) is 75.1 cm³/mol. The molecule has 0 bridgehead atoms. The summed E-state index contributed by atoms with van der Waals surface area (Å²) in [4.78, 5) is 23.5. The van der Waals surface area contributed by atoms with Crippen molar-refractivity contribution in [2.75, 3.05) is 6.26 Å². The minimum Gasteiger partial charge on any atom is -0.480 e. The summed E-state index contributed by atoms with van der Waals surface area (Å²) >= 11 is 0. The van der Waals surface area contributed by atoms with Gasteiger partial charge in [-0.25, -0.2) is 13.2 Å². The molecule has 0 saturated heterocycles. The second-order valence-corrected chi connectivity index (χ2v) is 8.07. The number of carbonyl (C=O) groups excluding carboxylic acids is 1. The number of carboxylic acid groups (broad SMARTS) is 1. The number of carboxylic acids is 1. The van der Waals surface area contributed by atoms with E-state index in [2.05, 4.69) is 12.2 Å². The summed E-state index contributed by atoms with van der Waals surface area (Å²) in [6.07, 6.45) is 4.13. The van der Waals surface area contributed by atoms with E-state index in [1.165, 1.54) is 6.92 Å². The van der Waals surface area contributed by atoms with Crippen molar-refractivity contribution in [3.8, 4) is 0 Å². The normalized spacial score (nSPS) is 28.6. The first-order valence-corrected chi connectivity index (χ1v) is 8.82. The molecule has 1 saturated carbocycles. The fourth-order valence-corrected chi connectivity index (χ4v) is 2.95. The minimum atomic E-state index is -3.53. The fraction of sp³-hybridized carbons (Fsp3) is 0.846. The standard InChI is InChI=1S/C13H23NO5S/c1-4-10-5-7-13(8-6-10,12(16)17)14-11(15)9(2)20(3,18)19/h9-10H,4-8H2,1-3H3,(H,14,15)(H,16,17). The highest BCUT2D eigenvalue weighted by Gasteiger charge is 2.44. The molecule has 0 aromatic carbocycles. The molecule has 0 aliphatic heterocycles. The van der Waals surface area contributed by atoms with Gasteiger partial charge in [-0.2, -0.15) is 0 Å². The van der Waals surface area contributed by atoms with Gasteiger partial charge in [0.25, 0.3) is 0 Å². The Morgan fingerprint density at radius 2 is 1.85 bits per heavy atom. The first-order valence-electron chi connectivity index (χ1n) is 6.86. The highest BCUT2D eigenvalue weighted by Crippen LogP contribution is 2.34. The first-order chi connectivity index (χ1) is 9.12. The van der Waals surface area contributed by atoms with Gasteiger partial charge in [0, 0.05) is 6.26 Å².